The molecule has 2 heterocycles. The van der Waals surface area contributed by atoms with Crippen molar-refractivity contribution in [1.29, 1.82) is 0 Å². The van der Waals surface area contributed by atoms with Gasteiger partial charge in [-0.2, -0.15) is 9.47 Å². The lowest BCUT2D eigenvalue weighted by Crippen LogP contribution is -2.01. The SMILES string of the molecule is CC(C)c1nsc(NCc2cn[nH]c2N)n1. The van der Waals surface area contributed by atoms with Crippen LogP contribution in [0.3, 0.4) is 0 Å². The number of nitrogens with zero attached hydrogens (tertiary/aromatic N) is 3. The van der Waals surface area contributed by atoms with Crippen molar-refractivity contribution in [3.8, 4) is 0 Å². The van der Waals surface area contributed by atoms with Crippen LogP contribution in [0.15, 0.2) is 6.20 Å². The minimum atomic E-state index is 0.353. The zero-order valence-corrected chi connectivity index (χ0v) is 10.0. The number of hydrogen-bond donors (Lipinski definition) is 3. The van der Waals surface area contributed by atoms with Crippen molar-refractivity contribution in [1.82, 2.24) is 19.6 Å². The van der Waals surface area contributed by atoms with Crippen LogP contribution in [0.1, 0.15) is 31.2 Å². The molecule has 0 aliphatic rings. The lowest BCUT2D eigenvalue weighted by molar-refractivity contribution is 0.799. The largest absolute Gasteiger partial charge is 0.384 e. The highest BCUT2D eigenvalue weighted by Gasteiger charge is 2.08. The third-order valence-corrected chi connectivity index (χ3v) is 2.83. The second-order valence-electron chi connectivity index (χ2n) is 3.77. The molecule has 0 unspecified atom stereocenters. The van der Waals surface area contributed by atoms with Crippen molar-refractivity contribution in [2.75, 3.05) is 11.1 Å². The predicted octanol–water partition coefficient (Wildman–Crippen LogP) is 1.58. The molecule has 16 heavy (non-hydrogen) atoms. The van der Waals surface area contributed by atoms with Gasteiger partial charge < -0.3 is 11.1 Å². The summed E-state index contributed by atoms with van der Waals surface area (Å²) in [5.74, 6) is 1.81. The number of hydrogen-bond acceptors (Lipinski definition) is 6. The summed E-state index contributed by atoms with van der Waals surface area (Å²) >= 11 is 1.36. The maximum absolute atomic E-state index is 5.67. The first-order valence-corrected chi connectivity index (χ1v) is 5.79. The molecule has 2 rings (SSSR count). The van der Waals surface area contributed by atoms with Crippen molar-refractivity contribution in [3.05, 3.63) is 17.6 Å². The number of aromatic amines is 1. The van der Waals surface area contributed by atoms with Crippen LogP contribution >= 0.6 is 11.5 Å². The molecule has 0 spiro atoms. The van der Waals surface area contributed by atoms with E-state index in [2.05, 4.69) is 38.7 Å². The molecule has 86 valence electrons. The Balaban J connectivity index is 1.97. The quantitative estimate of drug-likeness (QED) is 0.752. The number of nitrogen functional groups attached to an aromatic ring is 1. The van der Waals surface area contributed by atoms with Gasteiger partial charge in [-0.15, -0.1) is 0 Å². The summed E-state index contributed by atoms with van der Waals surface area (Å²) in [5.41, 5.74) is 6.60. The first kappa shape index (κ1) is 10.9. The van der Waals surface area contributed by atoms with Gasteiger partial charge in [-0.1, -0.05) is 13.8 Å². The molecule has 7 heteroatoms. The highest BCUT2D eigenvalue weighted by atomic mass is 32.1. The fourth-order valence-electron chi connectivity index (χ4n) is 1.17. The molecule has 2 aromatic heterocycles. The van der Waals surface area contributed by atoms with Crippen molar-refractivity contribution >= 4 is 22.5 Å². The zero-order valence-electron chi connectivity index (χ0n) is 9.19. The summed E-state index contributed by atoms with van der Waals surface area (Å²) < 4.78 is 4.25. The Morgan fingerprint density at radius 3 is 2.94 bits per heavy atom. The molecule has 0 aliphatic heterocycles. The molecule has 6 nitrogen and oxygen atoms in total. The van der Waals surface area contributed by atoms with Gasteiger partial charge in [-0.25, -0.2) is 4.98 Å². The van der Waals surface area contributed by atoms with Crippen LogP contribution in [0.2, 0.25) is 0 Å². The van der Waals surface area contributed by atoms with Crippen molar-refractivity contribution in [2.24, 2.45) is 0 Å². The number of aromatic nitrogens is 4. The second kappa shape index (κ2) is 4.48. The van der Waals surface area contributed by atoms with E-state index in [1.807, 2.05) is 0 Å². The topological polar surface area (TPSA) is 92.5 Å². The number of nitrogens with two attached hydrogens (primary N) is 1. The molecule has 0 radical (unpaired) electrons. The van der Waals surface area contributed by atoms with Crippen LogP contribution in [0, 0.1) is 0 Å². The predicted molar refractivity (Wildman–Crippen MR) is 64.3 cm³/mol. The summed E-state index contributed by atoms with van der Waals surface area (Å²) in [6, 6.07) is 0. The first-order valence-electron chi connectivity index (χ1n) is 5.02. The van der Waals surface area contributed by atoms with Gasteiger partial charge in [0, 0.05) is 29.6 Å². The monoisotopic (exact) mass is 238 g/mol. The Morgan fingerprint density at radius 2 is 2.38 bits per heavy atom. The Labute approximate surface area is 97.5 Å². The Morgan fingerprint density at radius 1 is 1.56 bits per heavy atom. The van der Waals surface area contributed by atoms with Crippen LogP contribution < -0.4 is 11.1 Å². The van der Waals surface area contributed by atoms with Crippen LogP contribution in [0.5, 0.6) is 0 Å². The number of H-pyrrole nitrogens is 1. The minimum Gasteiger partial charge on any atom is -0.384 e. The van der Waals surface area contributed by atoms with Gasteiger partial charge >= 0.3 is 0 Å². The van der Waals surface area contributed by atoms with Gasteiger partial charge in [0.25, 0.3) is 0 Å². The molecular weight excluding hydrogens is 224 g/mol. The molecule has 0 atom stereocenters. The second-order valence-corrected chi connectivity index (χ2v) is 4.53. The molecule has 0 aromatic carbocycles. The van der Waals surface area contributed by atoms with Crippen LogP contribution in [-0.4, -0.2) is 19.6 Å². The van der Waals surface area contributed by atoms with Gasteiger partial charge in [0.05, 0.1) is 6.20 Å². The Kier molecular flexibility index (Phi) is 3.04. The van der Waals surface area contributed by atoms with Crippen LogP contribution in [0.25, 0.3) is 0 Å². The van der Waals surface area contributed by atoms with Gasteiger partial charge in [-0.3, -0.25) is 5.10 Å². The standard InChI is InChI=1S/C9H14N6S/c1-5(2)8-13-9(16-15-8)11-3-6-4-12-14-7(6)10/h4-5H,3H2,1-2H3,(H3,10,12,14)(H,11,13,15). The number of anilines is 2. The third kappa shape index (κ3) is 2.30. The molecule has 0 fully saturated rings. The fourth-order valence-corrected chi connectivity index (χ4v) is 1.88. The summed E-state index contributed by atoms with van der Waals surface area (Å²) in [7, 11) is 0. The van der Waals surface area contributed by atoms with Gasteiger partial charge in [0.2, 0.25) is 5.13 Å². The normalized spacial score (nSPS) is 10.9. The molecule has 0 aliphatic carbocycles. The lowest BCUT2D eigenvalue weighted by Gasteiger charge is -2.00. The van der Waals surface area contributed by atoms with Gasteiger partial charge in [-0.05, 0) is 0 Å². The van der Waals surface area contributed by atoms with E-state index >= 15 is 0 Å². The lowest BCUT2D eigenvalue weighted by atomic mass is 10.2. The van der Waals surface area contributed by atoms with Crippen molar-refractivity contribution in [2.45, 2.75) is 26.3 Å². The minimum absolute atomic E-state index is 0.353. The molecule has 0 amide bonds. The molecule has 4 N–H and O–H groups in total. The zero-order chi connectivity index (χ0) is 11.5. The maximum atomic E-state index is 5.67. The molecule has 0 bridgehead atoms. The molecular formula is C9H14N6S. The van der Waals surface area contributed by atoms with Gasteiger partial charge in [0.15, 0.2) is 0 Å². The highest BCUT2D eigenvalue weighted by molar-refractivity contribution is 7.09. The first-order chi connectivity index (χ1) is 7.66. The average molecular weight is 238 g/mol. The van der Waals surface area contributed by atoms with E-state index in [9.17, 15) is 0 Å². The molecule has 2 aromatic rings. The smallest absolute Gasteiger partial charge is 0.202 e. The van der Waals surface area contributed by atoms with E-state index in [1.165, 1.54) is 11.5 Å². The van der Waals surface area contributed by atoms with E-state index in [0.29, 0.717) is 18.3 Å². The third-order valence-electron chi connectivity index (χ3n) is 2.14. The summed E-state index contributed by atoms with van der Waals surface area (Å²) in [4.78, 5) is 4.36. The van der Waals surface area contributed by atoms with Gasteiger partial charge in [0.1, 0.15) is 11.6 Å². The molecule has 0 saturated carbocycles. The number of rotatable bonds is 4. The maximum Gasteiger partial charge on any atom is 0.202 e. The fraction of sp³-hybridized carbons (Fsp3) is 0.444. The summed E-state index contributed by atoms with van der Waals surface area (Å²) in [5, 5.41) is 10.5. The van der Waals surface area contributed by atoms with Crippen LogP contribution in [-0.2, 0) is 6.54 Å². The van der Waals surface area contributed by atoms with E-state index in [-0.39, 0.29) is 0 Å². The summed E-state index contributed by atoms with van der Waals surface area (Å²) in [6.45, 7) is 4.74. The summed E-state index contributed by atoms with van der Waals surface area (Å²) in [6.07, 6.45) is 1.70. The van der Waals surface area contributed by atoms with E-state index < -0.39 is 0 Å². The Bertz CT molecular complexity index is 460. The van der Waals surface area contributed by atoms with E-state index in [4.69, 9.17) is 5.73 Å². The van der Waals surface area contributed by atoms with Crippen LogP contribution in [0.4, 0.5) is 10.9 Å². The number of nitrogens with one attached hydrogen (secondary N) is 2. The van der Waals surface area contributed by atoms with Crippen molar-refractivity contribution in [3.63, 3.8) is 0 Å². The van der Waals surface area contributed by atoms with E-state index in [0.717, 1.165) is 16.5 Å². The highest BCUT2D eigenvalue weighted by Crippen LogP contribution is 2.18. The van der Waals surface area contributed by atoms with Crippen molar-refractivity contribution < 1.29 is 0 Å². The molecule has 0 saturated heterocycles. The average Bonchev–Trinajstić information content (AvgIpc) is 2.83. The Hall–Kier alpha value is -1.63. The van der Waals surface area contributed by atoms with E-state index in [1.54, 1.807) is 6.20 Å².